The Hall–Kier alpha value is -5.09. The molecule has 16 nitrogen and oxygen atoms in total. The Labute approximate surface area is 675 Å². The SMILES string of the molecule is CC/C=C\C/C=C\C/C=C\C/C=C\C/C=C\C/C=C\CCCCCCCCCCCCCCCCC(=O)OCC(O)COP(=O)(O)OCC(O)COP(=O)(O)OCC(COC(=O)CCCCCCCCC/C=C\C/C=C\C/C=C\C/C=C\C/C=C\CC)OC(=O)CCCCCCCC/C=C\C/C=C\C/C=C\CCCCC. The largest absolute Gasteiger partial charge is 0.472 e. The maximum Gasteiger partial charge on any atom is 0.472 e. The van der Waals surface area contributed by atoms with Crippen molar-refractivity contribution in [3.8, 4) is 0 Å². The van der Waals surface area contributed by atoms with Gasteiger partial charge in [-0.2, -0.15) is 0 Å². The van der Waals surface area contributed by atoms with Crippen LogP contribution in [0.15, 0.2) is 170 Å². The molecule has 0 bridgehead atoms. The van der Waals surface area contributed by atoms with E-state index >= 15 is 0 Å². The van der Waals surface area contributed by atoms with E-state index in [-0.39, 0.29) is 19.3 Å². The third-order valence-corrected chi connectivity index (χ3v) is 19.8. The summed E-state index contributed by atoms with van der Waals surface area (Å²) in [4.78, 5) is 58.9. The normalized spacial score (nSPS) is 14.7. The molecule has 0 aliphatic carbocycles. The summed E-state index contributed by atoms with van der Waals surface area (Å²) in [7, 11) is -9.81. The zero-order valence-electron chi connectivity index (χ0n) is 69.6. The summed E-state index contributed by atoms with van der Waals surface area (Å²) >= 11 is 0. The van der Waals surface area contributed by atoms with Crippen molar-refractivity contribution in [2.75, 3.05) is 39.6 Å². The fourth-order valence-electron chi connectivity index (χ4n) is 11.4. The molecule has 18 heteroatoms. The van der Waals surface area contributed by atoms with Crippen molar-refractivity contribution in [3.05, 3.63) is 170 Å². The molecule has 0 aromatic rings. The molecule has 0 fully saturated rings. The molecule has 0 amide bonds. The Morgan fingerprint density at radius 1 is 0.261 bits per heavy atom. The summed E-state index contributed by atoms with van der Waals surface area (Å²) in [5.74, 6) is -1.60. The fourth-order valence-corrected chi connectivity index (χ4v) is 13.0. The van der Waals surface area contributed by atoms with Crippen molar-refractivity contribution in [3.63, 3.8) is 0 Å². The van der Waals surface area contributed by atoms with Crippen LogP contribution in [0.4, 0.5) is 0 Å². The first-order chi connectivity index (χ1) is 54.2. The third-order valence-electron chi connectivity index (χ3n) is 17.9. The van der Waals surface area contributed by atoms with E-state index in [4.69, 9.17) is 32.3 Å². The number of aliphatic hydroxyl groups is 2. The molecule has 0 aliphatic rings. The summed E-state index contributed by atoms with van der Waals surface area (Å²) in [6.07, 6.45) is 108. The van der Waals surface area contributed by atoms with Gasteiger partial charge in [0.05, 0.1) is 26.4 Å². The van der Waals surface area contributed by atoms with E-state index in [0.717, 1.165) is 199 Å². The maximum absolute atomic E-state index is 13.0. The molecular formula is C93H156O16P2. The predicted molar refractivity (Wildman–Crippen MR) is 463 cm³/mol. The highest BCUT2D eigenvalue weighted by Gasteiger charge is 2.29. The number of hydrogen-bond acceptors (Lipinski definition) is 14. The second-order valence-electron chi connectivity index (χ2n) is 28.6. The van der Waals surface area contributed by atoms with Gasteiger partial charge < -0.3 is 34.2 Å². The highest BCUT2D eigenvalue weighted by molar-refractivity contribution is 7.47. The van der Waals surface area contributed by atoms with Crippen molar-refractivity contribution >= 4 is 33.6 Å². The number of unbranched alkanes of at least 4 members (excludes halogenated alkanes) is 30. The number of carbonyl (C=O) groups excluding carboxylic acids is 3. The molecule has 0 aliphatic heterocycles. The number of rotatable bonds is 81. The van der Waals surface area contributed by atoms with Crippen molar-refractivity contribution in [1.82, 2.24) is 0 Å². The van der Waals surface area contributed by atoms with Crippen LogP contribution in [0.2, 0.25) is 0 Å². The van der Waals surface area contributed by atoms with Crippen LogP contribution in [0.5, 0.6) is 0 Å². The van der Waals surface area contributed by atoms with Crippen LogP contribution in [-0.2, 0) is 55.8 Å². The quantitative estimate of drug-likeness (QED) is 0.0146. The van der Waals surface area contributed by atoms with Gasteiger partial charge in [-0.15, -0.1) is 0 Å². The Kier molecular flexibility index (Phi) is 80.4. The molecular weight excluding hydrogens is 1430 g/mol. The van der Waals surface area contributed by atoms with Gasteiger partial charge in [0.15, 0.2) is 6.10 Å². The lowest BCUT2D eigenvalue weighted by molar-refractivity contribution is -0.161. The lowest BCUT2D eigenvalue weighted by Gasteiger charge is -2.21. The number of carbonyl (C=O) groups is 3. The fraction of sp³-hybridized carbons (Fsp3) is 0.667. The highest BCUT2D eigenvalue weighted by atomic mass is 31.2. The van der Waals surface area contributed by atoms with Crippen LogP contribution < -0.4 is 0 Å². The molecule has 5 atom stereocenters. The molecule has 0 saturated heterocycles. The molecule has 0 radical (unpaired) electrons. The molecule has 0 saturated carbocycles. The van der Waals surface area contributed by atoms with Crippen LogP contribution in [0, 0.1) is 0 Å². The number of esters is 3. The van der Waals surface area contributed by atoms with E-state index in [9.17, 15) is 43.5 Å². The molecule has 4 N–H and O–H groups in total. The number of aliphatic hydroxyl groups excluding tert-OH is 2. The first-order valence-electron chi connectivity index (χ1n) is 43.4. The summed E-state index contributed by atoms with van der Waals surface area (Å²) in [5.41, 5.74) is 0. The Morgan fingerprint density at radius 2 is 0.477 bits per heavy atom. The first-order valence-corrected chi connectivity index (χ1v) is 46.4. The van der Waals surface area contributed by atoms with Gasteiger partial charge in [0.25, 0.3) is 0 Å². The van der Waals surface area contributed by atoms with E-state index < -0.39 is 91.5 Å². The van der Waals surface area contributed by atoms with Gasteiger partial charge >= 0.3 is 33.6 Å². The third kappa shape index (κ3) is 85.6. The summed E-state index contributed by atoms with van der Waals surface area (Å²) in [6, 6.07) is 0. The maximum atomic E-state index is 13.0. The van der Waals surface area contributed by atoms with Crippen molar-refractivity contribution in [2.24, 2.45) is 0 Å². The smallest absolute Gasteiger partial charge is 0.463 e. The lowest BCUT2D eigenvalue weighted by Crippen LogP contribution is -2.30. The van der Waals surface area contributed by atoms with Crippen LogP contribution in [0.25, 0.3) is 0 Å². The van der Waals surface area contributed by atoms with Gasteiger partial charge in [0, 0.05) is 19.3 Å². The molecule has 634 valence electrons. The second kappa shape index (κ2) is 84.3. The van der Waals surface area contributed by atoms with Crippen molar-refractivity contribution in [1.29, 1.82) is 0 Å². The zero-order valence-corrected chi connectivity index (χ0v) is 71.4. The molecule has 0 heterocycles. The second-order valence-corrected chi connectivity index (χ2v) is 31.5. The molecule has 111 heavy (non-hydrogen) atoms. The van der Waals surface area contributed by atoms with Gasteiger partial charge in [-0.05, 0) is 154 Å². The topological polar surface area (TPSA) is 231 Å². The number of phosphoric acid groups is 2. The Balaban J connectivity index is 4.56. The minimum absolute atomic E-state index is 0.0830. The van der Waals surface area contributed by atoms with Crippen molar-refractivity contribution < 1.29 is 75.8 Å². The molecule has 0 rings (SSSR count). The van der Waals surface area contributed by atoms with Crippen LogP contribution >= 0.6 is 15.6 Å². The minimum Gasteiger partial charge on any atom is -0.463 e. The van der Waals surface area contributed by atoms with Crippen LogP contribution in [0.3, 0.4) is 0 Å². The summed E-state index contributed by atoms with van der Waals surface area (Å²) in [6.45, 7) is 2.42. The molecule has 0 aromatic heterocycles. The number of ether oxygens (including phenoxy) is 3. The van der Waals surface area contributed by atoms with Gasteiger partial charge in [-0.3, -0.25) is 32.5 Å². The molecule has 0 spiro atoms. The minimum atomic E-state index is -4.95. The first kappa shape index (κ1) is 106. The Bertz CT molecular complexity index is 2700. The number of phosphoric ester groups is 2. The van der Waals surface area contributed by atoms with E-state index in [1.807, 2.05) is 0 Å². The highest BCUT2D eigenvalue weighted by Crippen LogP contribution is 2.45. The van der Waals surface area contributed by atoms with Gasteiger partial charge in [0.1, 0.15) is 25.4 Å². The number of allylic oxidation sites excluding steroid dienone is 28. The summed E-state index contributed by atoms with van der Waals surface area (Å²) in [5, 5.41) is 20.7. The van der Waals surface area contributed by atoms with Gasteiger partial charge in [-0.1, -0.05) is 339 Å². The van der Waals surface area contributed by atoms with Crippen molar-refractivity contribution in [2.45, 2.75) is 360 Å². The van der Waals surface area contributed by atoms with E-state index in [1.165, 1.54) is 83.5 Å². The average Bonchev–Trinajstić information content (AvgIpc) is 0.900. The zero-order chi connectivity index (χ0) is 80.8. The molecule has 0 aromatic carbocycles. The van der Waals surface area contributed by atoms with Crippen LogP contribution in [-0.4, -0.2) is 95.9 Å². The molecule has 5 unspecified atom stereocenters. The standard InChI is InChI=1S/C93H156O16P2/c1-4-7-10-13-16-19-22-25-28-31-34-36-38-39-40-41-42-43-44-45-46-47-49-51-53-55-58-61-64-67-70-73-76-79-91(96)103-82-88(94)83-105-110(99,100)106-84-89(95)85-107-111(101,102)108-87-90(109-93(98)81-78-75-72-69-66-63-60-57-52-33-30-27-24-21-18-15-12-9-6-3)86-104-92(97)80-77-74-71-68-65-62-59-56-54-50-48-37-35-32-29-26-23-20-17-14-11-8-5-2/h7-8,10-11,16-21,25-30,34-37,39-40,42-43,50,52,54,57,88-90,94-95H,4-6,9,12-15,22-24,31-33,38,41,44-49,51,53,55-56,58-87H2,1-3H3,(H,99,100)(H,101,102)/b10-7-,11-8-,19-16-,20-17-,21-18-,28-25-,29-26-,30-27-,36-34-,37-35-,40-39-,43-42-,54-50-,57-52-. The van der Waals surface area contributed by atoms with Crippen LogP contribution in [0.1, 0.15) is 342 Å². The monoisotopic (exact) mass is 1590 g/mol. The van der Waals surface area contributed by atoms with E-state index in [1.54, 1.807) is 0 Å². The average molecular weight is 1590 g/mol. The van der Waals surface area contributed by atoms with E-state index in [0.29, 0.717) is 19.3 Å². The number of hydrogen-bond donors (Lipinski definition) is 4. The van der Waals surface area contributed by atoms with Gasteiger partial charge in [-0.25, -0.2) is 9.13 Å². The summed E-state index contributed by atoms with van der Waals surface area (Å²) < 4.78 is 61.3. The van der Waals surface area contributed by atoms with E-state index in [2.05, 4.69) is 191 Å². The van der Waals surface area contributed by atoms with Gasteiger partial charge in [0.2, 0.25) is 0 Å². The lowest BCUT2D eigenvalue weighted by atomic mass is 10.0. The predicted octanol–water partition coefficient (Wildman–Crippen LogP) is 26.3. The Morgan fingerprint density at radius 3 is 0.757 bits per heavy atom.